The van der Waals surface area contributed by atoms with E-state index in [0.717, 1.165) is 0 Å². The highest BCUT2D eigenvalue weighted by Crippen LogP contribution is 2.06. The standard InChI is InChI=1S/C5H3ClN4O/c6-3-1-2-4(9-8-3)5(11)10-7-2/h1H,(H2,7,10,11). The third-order valence-electron chi connectivity index (χ3n) is 1.29. The molecule has 0 radical (unpaired) electrons. The van der Waals surface area contributed by atoms with Crippen LogP contribution in [0.25, 0.3) is 11.0 Å². The van der Waals surface area contributed by atoms with Crippen molar-refractivity contribution in [3.8, 4) is 0 Å². The van der Waals surface area contributed by atoms with Gasteiger partial charge in [-0.2, -0.15) is 0 Å². The number of nitrogens with zero attached hydrogens (tertiary/aromatic N) is 2. The van der Waals surface area contributed by atoms with Crippen molar-refractivity contribution in [2.75, 3.05) is 0 Å². The highest BCUT2D eigenvalue weighted by atomic mass is 35.5. The zero-order chi connectivity index (χ0) is 7.84. The molecule has 2 rings (SSSR count). The fraction of sp³-hybridized carbons (Fsp3) is 0. The molecule has 5 nitrogen and oxygen atoms in total. The molecule has 0 saturated heterocycles. The number of aromatic amines is 2. The van der Waals surface area contributed by atoms with Crippen LogP contribution in [0.5, 0.6) is 0 Å². The Kier molecular flexibility index (Phi) is 1.19. The predicted molar refractivity (Wildman–Crippen MR) is 39.5 cm³/mol. The molecule has 56 valence electrons. The summed E-state index contributed by atoms with van der Waals surface area (Å²) in [4.78, 5) is 10.9. The number of nitrogens with one attached hydrogen (secondary N) is 2. The van der Waals surface area contributed by atoms with E-state index in [1.54, 1.807) is 0 Å². The Morgan fingerprint density at radius 1 is 1.36 bits per heavy atom. The van der Waals surface area contributed by atoms with Crippen molar-refractivity contribution in [3.05, 3.63) is 21.6 Å². The van der Waals surface area contributed by atoms with Gasteiger partial charge in [-0.3, -0.25) is 15.0 Å². The topological polar surface area (TPSA) is 74.4 Å². The first-order chi connectivity index (χ1) is 5.27. The van der Waals surface area contributed by atoms with Crippen molar-refractivity contribution >= 4 is 22.6 Å². The lowest BCUT2D eigenvalue weighted by Gasteiger charge is -1.84. The fourth-order valence-corrected chi connectivity index (χ4v) is 0.961. The van der Waals surface area contributed by atoms with E-state index in [1.165, 1.54) is 6.07 Å². The van der Waals surface area contributed by atoms with E-state index in [4.69, 9.17) is 11.6 Å². The zero-order valence-electron chi connectivity index (χ0n) is 5.26. The van der Waals surface area contributed by atoms with Gasteiger partial charge in [-0.15, -0.1) is 10.2 Å². The van der Waals surface area contributed by atoms with Gasteiger partial charge in [-0.1, -0.05) is 11.6 Å². The lowest BCUT2D eigenvalue weighted by Crippen LogP contribution is -2.00. The Morgan fingerprint density at radius 3 is 3.00 bits per heavy atom. The van der Waals surface area contributed by atoms with Crippen LogP contribution in [0.15, 0.2) is 10.9 Å². The maximum Gasteiger partial charge on any atom is 0.292 e. The molecule has 0 unspecified atom stereocenters. The third-order valence-corrected chi connectivity index (χ3v) is 1.47. The lowest BCUT2D eigenvalue weighted by atomic mass is 10.4. The van der Waals surface area contributed by atoms with Crippen molar-refractivity contribution in [1.29, 1.82) is 0 Å². The number of aromatic nitrogens is 4. The Morgan fingerprint density at radius 2 is 2.18 bits per heavy atom. The Bertz CT molecular complexity index is 445. The van der Waals surface area contributed by atoms with E-state index in [2.05, 4.69) is 20.4 Å². The van der Waals surface area contributed by atoms with Crippen LogP contribution in [-0.2, 0) is 0 Å². The van der Waals surface area contributed by atoms with Crippen molar-refractivity contribution in [2.24, 2.45) is 0 Å². The predicted octanol–water partition coefficient (Wildman–Crippen LogP) is 0.300. The van der Waals surface area contributed by atoms with Gasteiger partial charge in [-0.05, 0) is 0 Å². The minimum atomic E-state index is -0.288. The van der Waals surface area contributed by atoms with Crippen LogP contribution in [-0.4, -0.2) is 20.4 Å². The van der Waals surface area contributed by atoms with Gasteiger partial charge in [0, 0.05) is 6.07 Å². The van der Waals surface area contributed by atoms with Gasteiger partial charge in [-0.25, -0.2) is 0 Å². The molecule has 0 saturated carbocycles. The first-order valence-corrected chi connectivity index (χ1v) is 3.25. The quantitative estimate of drug-likeness (QED) is 0.597. The van der Waals surface area contributed by atoms with Gasteiger partial charge >= 0.3 is 0 Å². The molecule has 0 bridgehead atoms. The van der Waals surface area contributed by atoms with Crippen molar-refractivity contribution in [2.45, 2.75) is 0 Å². The van der Waals surface area contributed by atoms with Gasteiger partial charge in [0.15, 0.2) is 10.7 Å². The molecule has 0 aromatic carbocycles. The first kappa shape index (κ1) is 6.36. The second kappa shape index (κ2) is 2.06. The third kappa shape index (κ3) is 0.894. The molecule has 2 heterocycles. The molecule has 2 aromatic heterocycles. The summed E-state index contributed by atoms with van der Waals surface area (Å²) in [5, 5.41) is 12.3. The normalized spacial score (nSPS) is 10.6. The van der Waals surface area contributed by atoms with Gasteiger partial charge in [0.25, 0.3) is 5.56 Å². The summed E-state index contributed by atoms with van der Waals surface area (Å²) < 4.78 is 0. The molecular formula is C5H3ClN4O. The minimum Gasteiger partial charge on any atom is -0.296 e. The summed E-state index contributed by atoms with van der Waals surface area (Å²) in [6, 6.07) is 1.53. The molecule has 2 aromatic rings. The van der Waals surface area contributed by atoms with E-state index in [-0.39, 0.29) is 16.2 Å². The molecule has 0 spiro atoms. The van der Waals surface area contributed by atoms with Crippen LogP contribution in [0.3, 0.4) is 0 Å². The summed E-state index contributed by atoms with van der Waals surface area (Å²) in [5.41, 5.74) is 0.550. The number of halogens is 1. The Balaban J connectivity index is 2.97. The Labute approximate surface area is 65.4 Å². The van der Waals surface area contributed by atoms with E-state index >= 15 is 0 Å². The number of rotatable bonds is 0. The molecule has 0 atom stereocenters. The van der Waals surface area contributed by atoms with E-state index in [0.29, 0.717) is 5.52 Å². The second-order valence-corrected chi connectivity index (χ2v) is 2.40. The fourth-order valence-electron chi connectivity index (χ4n) is 0.814. The molecule has 0 aliphatic carbocycles. The molecule has 11 heavy (non-hydrogen) atoms. The van der Waals surface area contributed by atoms with Gasteiger partial charge in [0.1, 0.15) is 0 Å². The summed E-state index contributed by atoms with van der Waals surface area (Å²) >= 11 is 5.52. The molecule has 0 aliphatic rings. The molecule has 0 fully saturated rings. The summed E-state index contributed by atoms with van der Waals surface area (Å²) in [5.74, 6) is 0. The summed E-state index contributed by atoms with van der Waals surface area (Å²) in [6.07, 6.45) is 0. The number of fused-ring (bicyclic) bond motifs is 1. The second-order valence-electron chi connectivity index (χ2n) is 2.01. The monoisotopic (exact) mass is 170 g/mol. The average molecular weight is 171 g/mol. The average Bonchev–Trinajstić information content (AvgIpc) is 2.32. The van der Waals surface area contributed by atoms with Gasteiger partial charge < -0.3 is 0 Å². The highest BCUT2D eigenvalue weighted by molar-refractivity contribution is 6.29. The van der Waals surface area contributed by atoms with Crippen LogP contribution < -0.4 is 5.56 Å². The molecule has 0 amide bonds. The van der Waals surface area contributed by atoms with Crippen LogP contribution in [0.1, 0.15) is 0 Å². The number of hydrogen-bond donors (Lipinski definition) is 2. The SMILES string of the molecule is O=c1[nH][nH]c2cc(Cl)nnc12. The largest absolute Gasteiger partial charge is 0.296 e. The summed E-state index contributed by atoms with van der Waals surface area (Å²) in [6.45, 7) is 0. The van der Waals surface area contributed by atoms with Crippen molar-refractivity contribution in [3.63, 3.8) is 0 Å². The van der Waals surface area contributed by atoms with Crippen LogP contribution in [0, 0.1) is 0 Å². The van der Waals surface area contributed by atoms with E-state index < -0.39 is 0 Å². The number of H-pyrrole nitrogens is 2. The summed E-state index contributed by atoms with van der Waals surface area (Å²) in [7, 11) is 0. The van der Waals surface area contributed by atoms with Crippen LogP contribution in [0.2, 0.25) is 5.15 Å². The molecule has 0 aliphatic heterocycles. The Hall–Kier alpha value is -1.36. The maximum absolute atomic E-state index is 10.9. The molecule has 2 N–H and O–H groups in total. The van der Waals surface area contributed by atoms with Crippen LogP contribution >= 0.6 is 11.6 Å². The highest BCUT2D eigenvalue weighted by Gasteiger charge is 2.02. The van der Waals surface area contributed by atoms with Gasteiger partial charge in [0.05, 0.1) is 5.52 Å². The number of hydrogen-bond acceptors (Lipinski definition) is 3. The van der Waals surface area contributed by atoms with Gasteiger partial charge in [0.2, 0.25) is 0 Å². The smallest absolute Gasteiger partial charge is 0.292 e. The molecular weight excluding hydrogens is 168 g/mol. The zero-order valence-corrected chi connectivity index (χ0v) is 6.01. The van der Waals surface area contributed by atoms with E-state index in [9.17, 15) is 4.79 Å². The maximum atomic E-state index is 10.9. The lowest BCUT2D eigenvalue weighted by molar-refractivity contribution is 1.07. The van der Waals surface area contributed by atoms with Crippen LogP contribution in [0.4, 0.5) is 0 Å². The first-order valence-electron chi connectivity index (χ1n) is 2.87. The van der Waals surface area contributed by atoms with Crippen molar-refractivity contribution < 1.29 is 0 Å². The minimum absolute atomic E-state index is 0.257. The molecule has 6 heteroatoms. The van der Waals surface area contributed by atoms with Crippen molar-refractivity contribution in [1.82, 2.24) is 20.4 Å². The van der Waals surface area contributed by atoms with E-state index in [1.807, 2.05) is 0 Å².